The van der Waals surface area contributed by atoms with E-state index in [0.29, 0.717) is 18.0 Å². The van der Waals surface area contributed by atoms with Crippen LogP contribution in [0.5, 0.6) is 5.75 Å². The summed E-state index contributed by atoms with van der Waals surface area (Å²) in [5, 5.41) is 19.1. The fraction of sp³-hybridized carbons (Fsp3) is 0.500. The summed E-state index contributed by atoms with van der Waals surface area (Å²) >= 11 is 5.87. The Hall–Kier alpha value is -1.26. The van der Waals surface area contributed by atoms with Crippen molar-refractivity contribution >= 4 is 17.5 Å². The molecule has 1 fully saturated rings. The van der Waals surface area contributed by atoms with Crippen LogP contribution in [-0.4, -0.2) is 40.2 Å². The minimum Gasteiger partial charge on any atom is -0.507 e. The molecule has 5 heteroatoms. The van der Waals surface area contributed by atoms with Crippen LogP contribution < -0.4 is 0 Å². The van der Waals surface area contributed by atoms with Gasteiger partial charge in [-0.3, -0.25) is 4.79 Å². The first-order valence-corrected chi connectivity index (χ1v) is 6.91. The smallest absolute Gasteiger partial charge is 0.257 e. The van der Waals surface area contributed by atoms with Crippen LogP contribution in [0.25, 0.3) is 0 Å². The van der Waals surface area contributed by atoms with Crippen LogP contribution in [0.3, 0.4) is 0 Å². The van der Waals surface area contributed by atoms with Crippen molar-refractivity contribution in [2.75, 3.05) is 13.2 Å². The molecule has 1 aromatic carbocycles. The Morgan fingerprint density at radius 3 is 3.00 bits per heavy atom. The summed E-state index contributed by atoms with van der Waals surface area (Å²) in [6.07, 6.45) is 3.40. The van der Waals surface area contributed by atoms with Crippen LogP contribution in [0.1, 0.15) is 36.0 Å². The van der Waals surface area contributed by atoms with Gasteiger partial charge in [-0.1, -0.05) is 11.6 Å². The second-order valence-corrected chi connectivity index (χ2v) is 5.26. The molecule has 0 spiro atoms. The van der Waals surface area contributed by atoms with Crippen LogP contribution in [0.15, 0.2) is 18.2 Å². The van der Waals surface area contributed by atoms with Crippen LogP contribution in [0, 0.1) is 0 Å². The Balaban J connectivity index is 2.16. The van der Waals surface area contributed by atoms with Gasteiger partial charge in [-0.15, -0.1) is 0 Å². The fourth-order valence-corrected chi connectivity index (χ4v) is 2.74. The second-order valence-electron chi connectivity index (χ2n) is 4.82. The van der Waals surface area contributed by atoms with E-state index in [1.54, 1.807) is 11.0 Å². The number of aromatic hydroxyl groups is 1. The molecule has 2 rings (SSSR count). The van der Waals surface area contributed by atoms with Gasteiger partial charge in [0.25, 0.3) is 5.91 Å². The monoisotopic (exact) mass is 283 g/mol. The molecule has 1 heterocycles. The predicted molar refractivity (Wildman–Crippen MR) is 73.5 cm³/mol. The van der Waals surface area contributed by atoms with Crippen molar-refractivity contribution in [3.63, 3.8) is 0 Å². The molecule has 0 bridgehead atoms. The van der Waals surface area contributed by atoms with E-state index in [4.69, 9.17) is 16.7 Å². The molecule has 19 heavy (non-hydrogen) atoms. The van der Waals surface area contributed by atoms with Crippen molar-refractivity contribution in [3.05, 3.63) is 28.8 Å². The lowest BCUT2D eigenvalue weighted by Crippen LogP contribution is -2.35. The molecule has 4 nitrogen and oxygen atoms in total. The predicted octanol–water partition coefficient (Wildman–Crippen LogP) is 2.42. The second kappa shape index (κ2) is 6.26. The molecule has 1 aliphatic rings. The van der Waals surface area contributed by atoms with Crippen molar-refractivity contribution in [2.24, 2.45) is 0 Å². The van der Waals surface area contributed by atoms with Crippen LogP contribution in [0.4, 0.5) is 0 Å². The van der Waals surface area contributed by atoms with E-state index in [1.165, 1.54) is 12.1 Å². The normalized spacial score (nSPS) is 18.8. The lowest BCUT2D eigenvalue weighted by molar-refractivity contribution is 0.0721. The number of rotatable bonds is 4. The van der Waals surface area contributed by atoms with E-state index in [9.17, 15) is 9.90 Å². The minimum atomic E-state index is -0.180. The topological polar surface area (TPSA) is 60.8 Å². The van der Waals surface area contributed by atoms with E-state index in [1.807, 2.05) is 0 Å². The molecular formula is C14H18ClNO3. The lowest BCUT2D eigenvalue weighted by atomic mass is 10.1. The highest BCUT2D eigenvalue weighted by atomic mass is 35.5. The molecule has 2 N–H and O–H groups in total. The number of aliphatic hydroxyl groups is 1. The maximum Gasteiger partial charge on any atom is 0.257 e. The van der Waals surface area contributed by atoms with Gasteiger partial charge < -0.3 is 15.1 Å². The Kier molecular flexibility index (Phi) is 4.66. The third-order valence-corrected chi connectivity index (χ3v) is 3.76. The van der Waals surface area contributed by atoms with Gasteiger partial charge in [-0.25, -0.2) is 0 Å². The van der Waals surface area contributed by atoms with Gasteiger partial charge in [0.05, 0.1) is 5.56 Å². The SMILES string of the molecule is O=C(c1cc(Cl)ccc1O)N1CCCC1CCCO. The van der Waals surface area contributed by atoms with E-state index >= 15 is 0 Å². The fourth-order valence-electron chi connectivity index (χ4n) is 2.56. The van der Waals surface area contributed by atoms with E-state index in [2.05, 4.69) is 0 Å². The molecule has 1 atom stereocenters. The summed E-state index contributed by atoms with van der Waals surface area (Å²) in [7, 11) is 0. The van der Waals surface area contributed by atoms with Gasteiger partial charge in [0.2, 0.25) is 0 Å². The average molecular weight is 284 g/mol. The maximum absolute atomic E-state index is 12.4. The molecule has 1 saturated heterocycles. The van der Waals surface area contributed by atoms with E-state index in [-0.39, 0.29) is 29.9 Å². The summed E-state index contributed by atoms with van der Waals surface area (Å²) in [6, 6.07) is 4.65. The van der Waals surface area contributed by atoms with Crippen LogP contribution in [0.2, 0.25) is 5.02 Å². The first kappa shape index (κ1) is 14.2. The number of hydrogen-bond donors (Lipinski definition) is 2. The molecule has 0 saturated carbocycles. The number of hydrogen-bond acceptors (Lipinski definition) is 3. The number of aliphatic hydroxyl groups excluding tert-OH is 1. The van der Waals surface area contributed by atoms with E-state index in [0.717, 1.165) is 19.3 Å². The van der Waals surface area contributed by atoms with Gasteiger partial charge >= 0.3 is 0 Å². The van der Waals surface area contributed by atoms with Gasteiger partial charge in [0, 0.05) is 24.2 Å². The number of phenolic OH excluding ortho intramolecular Hbond substituents is 1. The number of likely N-dealkylation sites (tertiary alicyclic amines) is 1. The molecule has 1 aliphatic heterocycles. The highest BCUT2D eigenvalue weighted by Gasteiger charge is 2.30. The third-order valence-electron chi connectivity index (χ3n) is 3.52. The van der Waals surface area contributed by atoms with Gasteiger partial charge in [0.1, 0.15) is 5.75 Å². The third kappa shape index (κ3) is 3.19. The molecule has 1 amide bonds. The van der Waals surface area contributed by atoms with Crippen LogP contribution >= 0.6 is 11.6 Å². The van der Waals surface area contributed by atoms with Crippen molar-refractivity contribution in [1.82, 2.24) is 4.90 Å². The van der Waals surface area contributed by atoms with Crippen molar-refractivity contribution in [2.45, 2.75) is 31.7 Å². The largest absolute Gasteiger partial charge is 0.507 e. The first-order valence-electron chi connectivity index (χ1n) is 6.54. The highest BCUT2D eigenvalue weighted by molar-refractivity contribution is 6.31. The van der Waals surface area contributed by atoms with E-state index < -0.39 is 0 Å². The molecule has 0 aromatic heterocycles. The molecule has 1 aromatic rings. The maximum atomic E-state index is 12.4. The molecular weight excluding hydrogens is 266 g/mol. The van der Waals surface area contributed by atoms with Crippen molar-refractivity contribution < 1.29 is 15.0 Å². The van der Waals surface area contributed by atoms with Crippen molar-refractivity contribution in [1.29, 1.82) is 0 Å². The summed E-state index contributed by atoms with van der Waals surface area (Å²) in [5.74, 6) is -0.220. The minimum absolute atomic E-state index is 0.0396. The first-order chi connectivity index (χ1) is 9.13. The molecule has 0 radical (unpaired) electrons. The van der Waals surface area contributed by atoms with Crippen LogP contribution in [-0.2, 0) is 0 Å². The zero-order chi connectivity index (χ0) is 13.8. The standard InChI is InChI=1S/C14H18ClNO3/c15-10-5-6-13(18)12(9-10)14(19)16-7-1-3-11(16)4-2-8-17/h5-6,9,11,17-18H,1-4,7-8H2. The van der Waals surface area contributed by atoms with Gasteiger partial charge in [-0.05, 0) is 43.9 Å². The summed E-state index contributed by atoms with van der Waals surface area (Å²) in [5.41, 5.74) is 0.253. The highest BCUT2D eigenvalue weighted by Crippen LogP contribution is 2.28. The molecule has 104 valence electrons. The molecule has 0 aliphatic carbocycles. The number of carbonyl (C=O) groups excluding carboxylic acids is 1. The number of amides is 1. The quantitative estimate of drug-likeness (QED) is 0.892. The number of carbonyl (C=O) groups is 1. The zero-order valence-electron chi connectivity index (χ0n) is 10.7. The Morgan fingerprint density at radius 1 is 1.47 bits per heavy atom. The number of nitrogens with zero attached hydrogens (tertiary/aromatic N) is 1. The van der Waals surface area contributed by atoms with Gasteiger partial charge in [0.15, 0.2) is 0 Å². The van der Waals surface area contributed by atoms with Gasteiger partial charge in [-0.2, -0.15) is 0 Å². The zero-order valence-corrected chi connectivity index (χ0v) is 11.4. The lowest BCUT2D eigenvalue weighted by Gasteiger charge is -2.25. The summed E-state index contributed by atoms with van der Waals surface area (Å²) in [6.45, 7) is 0.835. The Bertz CT molecular complexity index is 464. The Labute approximate surface area is 117 Å². The summed E-state index contributed by atoms with van der Waals surface area (Å²) in [4.78, 5) is 14.2. The number of halogens is 1. The molecule has 1 unspecified atom stereocenters. The average Bonchev–Trinajstić information content (AvgIpc) is 2.86. The number of benzene rings is 1. The Morgan fingerprint density at radius 2 is 2.26 bits per heavy atom. The number of phenols is 1. The summed E-state index contributed by atoms with van der Waals surface area (Å²) < 4.78 is 0. The van der Waals surface area contributed by atoms with Crippen molar-refractivity contribution in [3.8, 4) is 5.75 Å².